The normalized spacial score (nSPS) is 10.2. The van der Waals surface area contributed by atoms with Crippen LogP contribution in [0.25, 0.3) is 0 Å². The molecule has 1 aromatic heterocycles. The minimum atomic E-state index is -4.14. The van der Waals surface area contributed by atoms with Gasteiger partial charge in [-0.1, -0.05) is 0 Å². The molecule has 0 amide bonds. The maximum atomic E-state index is 9.10. The molecule has 1 heterocycles. The van der Waals surface area contributed by atoms with E-state index < -0.39 is 7.75 Å². The Hall–Kier alpha value is -1.48. The van der Waals surface area contributed by atoms with Crippen molar-refractivity contribution in [2.24, 2.45) is 5.50 Å². The summed E-state index contributed by atoms with van der Waals surface area (Å²) in [6.45, 7) is 0. The molecule has 10 N–H and O–H groups in total. The van der Waals surface area contributed by atoms with Gasteiger partial charge in [0.05, 0.1) is 0 Å². The van der Waals surface area contributed by atoms with E-state index >= 15 is 0 Å². The van der Waals surface area contributed by atoms with E-state index in [0.717, 1.165) is 0 Å². The summed E-state index contributed by atoms with van der Waals surface area (Å²) in [4.78, 5) is 25.3. The molecule has 1 aromatic rings. The maximum Gasteiger partial charge on any atom is 0.397 e. The van der Waals surface area contributed by atoms with Crippen molar-refractivity contribution in [3.8, 4) is 0 Å². The molecule has 0 saturated carbocycles. The first-order valence-corrected chi connectivity index (χ1v) is 4.73. The van der Waals surface area contributed by atoms with Gasteiger partial charge in [0.15, 0.2) is 0 Å². The van der Waals surface area contributed by atoms with Crippen molar-refractivity contribution in [1.82, 2.24) is 15.0 Å². The highest BCUT2D eigenvalue weighted by Gasteiger charge is 1.96. The molecule has 0 bridgehead atoms. The maximum absolute atomic E-state index is 9.10. The molecular formula is C3H10N7O3P. The molecule has 0 spiro atoms. The van der Waals surface area contributed by atoms with Crippen LogP contribution in [0, 0.1) is 0 Å². The van der Waals surface area contributed by atoms with Crippen molar-refractivity contribution in [3.63, 3.8) is 0 Å². The van der Waals surface area contributed by atoms with Gasteiger partial charge in [0, 0.05) is 0 Å². The van der Waals surface area contributed by atoms with Crippen LogP contribution in [-0.4, -0.2) is 24.7 Å². The molecule has 14 heavy (non-hydrogen) atoms. The summed E-state index contributed by atoms with van der Waals surface area (Å²) in [5, 5.41) is 0. The number of nitrogens with two attached hydrogens (primary N) is 4. The molecule has 11 heteroatoms. The van der Waals surface area contributed by atoms with Crippen molar-refractivity contribution in [2.75, 3.05) is 17.2 Å². The third kappa shape index (κ3) is 8.62. The number of hydrogen-bond acceptors (Lipinski definition) is 7. The van der Waals surface area contributed by atoms with Crippen LogP contribution in [0.15, 0.2) is 0 Å². The zero-order valence-corrected chi connectivity index (χ0v) is 7.80. The van der Waals surface area contributed by atoms with Crippen molar-refractivity contribution in [2.45, 2.75) is 0 Å². The van der Waals surface area contributed by atoms with E-state index in [1.54, 1.807) is 0 Å². The lowest BCUT2D eigenvalue weighted by Gasteiger charge is -1.93. The van der Waals surface area contributed by atoms with Crippen molar-refractivity contribution < 1.29 is 14.4 Å². The first-order chi connectivity index (χ1) is 6.18. The number of hydrogen-bond donors (Lipinski definition) is 6. The summed E-state index contributed by atoms with van der Waals surface area (Å²) in [6.07, 6.45) is 0. The largest absolute Gasteiger partial charge is 0.397 e. The van der Waals surface area contributed by atoms with Crippen LogP contribution in [0.5, 0.6) is 0 Å². The van der Waals surface area contributed by atoms with E-state index in [-0.39, 0.29) is 17.8 Å². The molecule has 80 valence electrons. The Balaban J connectivity index is 0.000000292. The fourth-order valence-corrected chi connectivity index (χ4v) is 0.427. The van der Waals surface area contributed by atoms with Crippen molar-refractivity contribution >= 4 is 25.6 Å². The minimum Gasteiger partial charge on any atom is -0.368 e. The summed E-state index contributed by atoms with van der Waals surface area (Å²) in [7, 11) is -4.14. The van der Waals surface area contributed by atoms with Gasteiger partial charge in [-0.05, 0) is 0 Å². The molecule has 0 aliphatic heterocycles. The van der Waals surface area contributed by atoms with Crippen LogP contribution in [0.4, 0.5) is 17.8 Å². The summed E-state index contributed by atoms with van der Waals surface area (Å²) in [5.74, 6) is 0.125. The van der Waals surface area contributed by atoms with E-state index in [1.165, 1.54) is 0 Å². The Morgan fingerprint density at radius 1 is 0.929 bits per heavy atom. The first-order valence-electron chi connectivity index (χ1n) is 3.05. The van der Waals surface area contributed by atoms with Crippen LogP contribution in [0.2, 0.25) is 0 Å². The number of aromatic nitrogens is 3. The lowest BCUT2D eigenvalue weighted by molar-refractivity contribution is 0.374. The SMILES string of the molecule is NP(=O)(O)O.Nc1nc(N)nc(N)n1. The zero-order valence-electron chi connectivity index (χ0n) is 6.90. The standard InChI is InChI=1S/C3H6N6.H4NO3P/c4-1-7-2(5)9-3(6)8-1;1-5(2,3)4/h(H6,4,5,6,7,8,9);(H4,1,2,3,4). The minimum absolute atomic E-state index is 0.0417. The molecule has 10 nitrogen and oxygen atoms in total. The molecule has 0 unspecified atom stereocenters. The third-order valence-corrected chi connectivity index (χ3v) is 0.687. The second-order valence-electron chi connectivity index (χ2n) is 2.00. The number of nitrogen functional groups attached to an aromatic ring is 3. The molecule has 1 rings (SSSR count). The molecule has 0 aliphatic rings. The highest BCUT2D eigenvalue weighted by atomic mass is 31.2. The van der Waals surface area contributed by atoms with Gasteiger partial charge in [-0.2, -0.15) is 15.0 Å². The van der Waals surface area contributed by atoms with Crippen LogP contribution in [0.3, 0.4) is 0 Å². The summed E-state index contributed by atoms with van der Waals surface area (Å²) >= 11 is 0. The Morgan fingerprint density at radius 3 is 1.21 bits per heavy atom. The Bertz CT molecular complexity index is 291. The van der Waals surface area contributed by atoms with E-state index in [4.69, 9.17) is 31.6 Å². The Kier molecular flexibility index (Phi) is 4.18. The second-order valence-corrected chi connectivity index (χ2v) is 3.18. The summed E-state index contributed by atoms with van der Waals surface area (Å²) in [6, 6.07) is 0. The van der Waals surface area contributed by atoms with Crippen LogP contribution >= 0.6 is 7.75 Å². The second kappa shape index (κ2) is 4.67. The molecule has 0 aliphatic carbocycles. The van der Waals surface area contributed by atoms with Crippen LogP contribution in [-0.2, 0) is 4.57 Å². The van der Waals surface area contributed by atoms with Gasteiger partial charge < -0.3 is 27.0 Å². The smallest absolute Gasteiger partial charge is 0.368 e. The molecule has 0 fully saturated rings. The topological polar surface area (TPSA) is 200 Å². The molecule has 0 atom stereocenters. The zero-order chi connectivity index (χ0) is 11.4. The van der Waals surface area contributed by atoms with E-state index in [2.05, 4.69) is 20.5 Å². The Morgan fingerprint density at radius 2 is 1.07 bits per heavy atom. The van der Waals surface area contributed by atoms with E-state index in [0.29, 0.717) is 0 Å². The average molecular weight is 223 g/mol. The van der Waals surface area contributed by atoms with Gasteiger partial charge in [0.2, 0.25) is 17.8 Å². The van der Waals surface area contributed by atoms with Gasteiger partial charge in [-0.25, -0.2) is 10.1 Å². The highest BCUT2D eigenvalue weighted by Crippen LogP contribution is 2.20. The lowest BCUT2D eigenvalue weighted by Crippen LogP contribution is -2.05. The van der Waals surface area contributed by atoms with Gasteiger partial charge in [0.25, 0.3) is 0 Å². The number of anilines is 3. The predicted octanol–water partition coefficient (Wildman–Crippen LogP) is -2.34. The monoisotopic (exact) mass is 223 g/mol. The summed E-state index contributed by atoms with van der Waals surface area (Å²) in [5.41, 5.74) is 19.4. The highest BCUT2D eigenvalue weighted by molar-refractivity contribution is 7.49. The predicted molar refractivity (Wildman–Crippen MR) is 49.3 cm³/mol. The number of nitrogens with zero attached hydrogens (tertiary/aromatic N) is 3. The van der Waals surface area contributed by atoms with Gasteiger partial charge >= 0.3 is 7.75 Å². The van der Waals surface area contributed by atoms with E-state index in [1.807, 2.05) is 0 Å². The average Bonchev–Trinajstić information content (AvgIpc) is 1.77. The van der Waals surface area contributed by atoms with Gasteiger partial charge in [0.1, 0.15) is 0 Å². The number of rotatable bonds is 0. The lowest BCUT2D eigenvalue weighted by atomic mass is 10.9. The van der Waals surface area contributed by atoms with Gasteiger partial charge in [-0.15, -0.1) is 0 Å². The summed E-state index contributed by atoms with van der Waals surface area (Å²) < 4.78 is 9.10. The van der Waals surface area contributed by atoms with Gasteiger partial charge in [-0.3, -0.25) is 0 Å². The van der Waals surface area contributed by atoms with Crippen LogP contribution < -0.4 is 22.7 Å². The molecule has 0 saturated heterocycles. The van der Waals surface area contributed by atoms with Crippen molar-refractivity contribution in [1.29, 1.82) is 0 Å². The van der Waals surface area contributed by atoms with Crippen molar-refractivity contribution in [3.05, 3.63) is 0 Å². The Labute approximate surface area is 78.6 Å². The van der Waals surface area contributed by atoms with Crippen LogP contribution in [0.1, 0.15) is 0 Å². The third-order valence-electron chi connectivity index (χ3n) is 0.687. The molecular weight excluding hydrogens is 213 g/mol. The fraction of sp³-hybridized carbons (Fsp3) is 0. The van der Waals surface area contributed by atoms with E-state index in [9.17, 15) is 0 Å². The fourth-order valence-electron chi connectivity index (χ4n) is 0.427. The molecule has 0 radical (unpaired) electrons. The molecule has 0 aromatic carbocycles. The first kappa shape index (κ1) is 12.5. The quantitative estimate of drug-likeness (QED) is 0.258.